The average Bonchev–Trinajstić information content (AvgIpc) is 2.49. The van der Waals surface area contributed by atoms with Gasteiger partial charge in [-0.15, -0.1) is 0 Å². The van der Waals surface area contributed by atoms with Crippen LogP contribution in [0.2, 0.25) is 0 Å². The molecular weight excluding hydrogens is 299 g/mol. The maximum Gasteiger partial charge on any atom is 0.171 e. The fourth-order valence-electron chi connectivity index (χ4n) is 1.84. The van der Waals surface area contributed by atoms with Gasteiger partial charge in [0.05, 0.1) is 11.7 Å². The Balaban J connectivity index is 1.79. The third-order valence-corrected chi connectivity index (χ3v) is 3.24. The second-order valence-corrected chi connectivity index (χ2v) is 5.51. The van der Waals surface area contributed by atoms with E-state index in [0.29, 0.717) is 17.4 Å². The molecule has 5 heteroatoms. The molecule has 0 fully saturated rings. The van der Waals surface area contributed by atoms with E-state index in [1.54, 1.807) is 18.2 Å². The highest BCUT2D eigenvalue weighted by molar-refractivity contribution is 7.80. The third kappa shape index (κ3) is 5.00. The maximum atomic E-state index is 13.5. The molecule has 0 bridgehead atoms. The first kappa shape index (κ1) is 16.2. The Hall–Kier alpha value is -2.14. The second kappa shape index (κ2) is 7.75. The minimum atomic E-state index is -0.338. The van der Waals surface area contributed by atoms with Crippen LogP contribution >= 0.6 is 12.2 Å². The molecule has 0 saturated heterocycles. The molecule has 0 heterocycles. The van der Waals surface area contributed by atoms with E-state index in [4.69, 9.17) is 17.0 Å². The van der Waals surface area contributed by atoms with E-state index < -0.39 is 0 Å². The normalized spacial score (nSPS) is 11.6. The largest absolute Gasteiger partial charge is 0.491 e. The number of para-hydroxylation sites is 1. The molecule has 2 rings (SSSR count). The smallest absolute Gasteiger partial charge is 0.171 e. The zero-order valence-electron chi connectivity index (χ0n) is 12.6. The molecule has 2 aromatic rings. The number of rotatable bonds is 5. The van der Waals surface area contributed by atoms with Gasteiger partial charge in [-0.25, -0.2) is 4.39 Å². The lowest BCUT2D eigenvalue weighted by Gasteiger charge is -2.18. The zero-order valence-corrected chi connectivity index (χ0v) is 13.4. The van der Waals surface area contributed by atoms with Gasteiger partial charge in [0.25, 0.3) is 0 Å². The van der Waals surface area contributed by atoms with E-state index in [1.165, 1.54) is 11.6 Å². The third-order valence-electron chi connectivity index (χ3n) is 3.02. The fraction of sp³-hybridized carbons (Fsp3) is 0.235. The van der Waals surface area contributed by atoms with Crippen LogP contribution in [0.15, 0.2) is 48.5 Å². The minimum absolute atomic E-state index is 0.00641. The number of aryl methyl sites for hydroxylation is 1. The molecule has 116 valence electrons. The molecule has 0 amide bonds. The Labute approximate surface area is 135 Å². The molecule has 22 heavy (non-hydrogen) atoms. The molecule has 0 spiro atoms. The van der Waals surface area contributed by atoms with Crippen LogP contribution in [0.1, 0.15) is 12.5 Å². The summed E-state index contributed by atoms with van der Waals surface area (Å²) in [6, 6.07) is 14.2. The number of ether oxygens (including phenoxy) is 1. The molecule has 2 aromatic carbocycles. The van der Waals surface area contributed by atoms with Crippen LogP contribution in [0.3, 0.4) is 0 Å². The highest BCUT2D eigenvalue weighted by Gasteiger charge is 2.07. The number of anilines is 1. The fourth-order valence-corrected chi connectivity index (χ4v) is 2.15. The summed E-state index contributed by atoms with van der Waals surface area (Å²) in [5.74, 6) is 0.474. The van der Waals surface area contributed by atoms with Crippen molar-refractivity contribution in [2.75, 3.05) is 11.9 Å². The van der Waals surface area contributed by atoms with Gasteiger partial charge in [0.2, 0.25) is 0 Å². The van der Waals surface area contributed by atoms with E-state index in [1.807, 2.05) is 38.1 Å². The summed E-state index contributed by atoms with van der Waals surface area (Å²) < 4.78 is 19.2. The zero-order chi connectivity index (χ0) is 15.9. The van der Waals surface area contributed by atoms with Crippen LogP contribution in [0, 0.1) is 12.7 Å². The van der Waals surface area contributed by atoms with Crippen molar-refractivity contribution in [3.8, 4) is 5.75 Å². The van der Waals surface area contributed by atoms with Crippen LogP contribution in [0.4, 0.5) is 10.1 Å². The first-order valence-electron chi connectivity index (χ1n) is 7.06. The molecule has 1 unspecified atom stereocenters. The van der Waals surface area contributed by atoms with Gasteiger partial charge in [-0.1, -0.05) is 29.8 Å². The van der Waals surface area contributed by atoms with Crippen LogP contribution in [0.25, 0.3) is 0 Å². The van der Waals surface area contributed by atoms with Gasteiger partial charge in [0.15, 0.2) is 5.11 Å². The minimum Gasteiger partial charge on any atom is -0.491 e. The van der Waals surface area contributed by atoms with E-state index in [9.17, 15) is 4.39 Å². The lowest BCUT2D eigenvalue weighted by molar-refractivity contribution is 0.287. The van der Waals surface area contributed by atoms with Gasteiger partial charge in [-0.2, -0.15) is 0 Å². The van der Waals surface area contributed by atoms with Gasteiger partial charge in [-0.3, -0.25) is 0 Å². The highest BCUT2D eigenvalue weighted by Crippen LogP contribution is 2.13. The molecule has 3 nitrogen and oxygen atoms in total. The summed E-state index contributed by atoms with van der Waals surface area (Å²) >= 11 is 5.18. The lowest BCUT2D eigenvalue weighted by Crippen LogP contribution is -2.39. The van der Waals surface area contributed by atoms with E-state index in [-0.39, 0.29) is 11.9 Å². The average molecular weight is 318 g/mol. The number of nitrogens with one attached hydrogen (secondary N) is 2. The van der Waals surface area contributed by atoms with Crippen LogP contribution in [0.5, 0.6) is 5.75 Å². The Morgan fingerprint density at radius 1 is 1.18 bits per heavy atom. The number of hydrogen-bond acceptors (Lipinski definition) is 2. The van der Waals surface area contributed by atoms with Crippen molar-refractivity contribution in [1.82, 2.24) is 5.32 Å². The summed E-state index contributed by atoms with van der Waals surface area (Å²) in [7, 11) is 0. The number of hydrogen-bond donors (Lipinski definition) is 2. The Bertz CT molecular complexity index is 631. The van der Waals surface area contributed by atoms with Crippen LogP contribution in [-0.2, 0) is 0 Å². The Morgan fingerprint density at radius 2 is 1.86 bits per heavy atom. The van der Waals surface area contributed by atoms with E-state index in [2.05, 4.69) is 10.6 Å². The summed E-state index contributed by atoms with van der Waals surface area (Å²) in [5, 5.41) is 6.27. The molecule has 0 radical (unpaired) electrons. The van der Waals surface area contributed by atoms with Crippen molar-refractivity contribution < 1.29 is 9.13 Å². The predicted octanol–water partition coefficient (Wildman–Crippen LogP) is 3.89. The molecule has 0 aliphatic heterocycles. The Kier molecular flexibility index (Phi) is 5.72. The molecule has 1 atom stereocenters. The predicted molar refractivity (Wildman–Crippen MR) is 91.9 cm³/mol. The quantitative estimate of drug-likeness (QED) is 0.820. The topological polar surface area (TPSA) is 33.3 Å². The highest BCUT2D eigenvalue weighted by atomic mass is 32.1. The van der Waals surface area contributed by atoms with Crippen molar-refractivity contribution in [2.45, 2.75) is 19.9 Å². The second-order valence-electron chi connectivity index (χ2n) is 5.10. The molecule has 0 aliphatic rings. The summed E-state index contributed by atoms with van der Waals surface area (Å²) in [6.45, 7) is 4.44. The van der Waals surface area contributed by atoms with Crippen molar-refractivity contribution in [1.29, 1.82) is 0 Å². The van der Waals surface area contributed by atoms with E-state index >= 15 is 0 Å². The first-order valence-corrected chi connectivity index (χ1v) is 7.47. The van der Waals surface area contributed by atoms with Gasteiger partial charge in [0.1, 0.15) is 18.2 Å². The molecule has 0 aromatic heterocycles. The molecule has 2 N–H and O–H groups in total. The van der Waals surface area contributed by atoms with Gasteiger partial charge < -0.3 is 15.4 Å². The number of thiocarbonyl (C=S) groups is 1. The standard InChI is InChI=1S/C17H19FN2OS/c1-12-7-9-14(10-8-12)21-11-13(2)19-17(22)20-16-6-4-3-5-15(16)18/h3-10,13H,11H2,1-2H3,(H2,19,20,22). The maximum absolute atomic E-state index is 13.5. The van der Waals surface area contributed by atoms with Gasteiger partial charge in [0, 0.05) is 0 Å². The van der Waals surface area contributed by atoms with Gasteiger partial charge >= 0.3 is 0 Å². The summed E-state index contributed by atoms with van der Waals surface area (Å²) in [6.07, 6.45) is 0. The molecule has 0 aliphatic carbocycles. The molecular formula is C17H19FN2OS. The lowest BCUT2D eigenvalue weighted by atomic mass is 10.2. The van der Waals surface area contributed by atoms with Crippen molar-refractivity contribution in [3.63, 3.8) is 0 Å². The summed E-state index contributed by atoms with van der Waals surface area (Å²) in [5.41, 5.74) is 1.54. The van der Waals surface area contributed by atoms with Crippen molar-refractivity contribution in [2.24, 2.45) is 0 Å². The van der Waals surface area contributed by atoms with Crippen LogP contribution in [-0.4, -0.2) is 17.8 Å². The van der Waals surface area contributed by atoms with Crippen molar-refractivity contribution >= 4 is 23.0 Å². The van der Waals surface area contributed by atoms with Crippen LogP contribution < -0.4 is 15.4 Å². The Morgan fingerprint density at radius 3 is 2.55 bits per heavy atom. The first-order chi connectivity index (χ1) is 10.5. The van der Waals surface area contributed by atoms with E-state index in [0.717, 1.165) is 5.75 Å². The monoisotopic (exact) mass is 318 g/mol. The van der Waals surface area contributed by atoms with Gasteiger partial charge in [-0.05, 0) is 50.3 Å². The number of halogens is 1. The summed E-state index contributed by atoms with van der Waals surface area (Å²) in [4.78, 5) is 0. The number of benzene rings is 2. The molecule has 0 saturated carbocycles. The SMILES string of the molecule is Cc1ccc(OCC(C)NC(=S)Nc2ccccc2F)cc1. The van der Waals surface area contributed by atoms with Crippen molar-refractivity contribution in [3.05, 3.63) is 59.9 Å².